The molecule has 0 aliphatic heterocycles. The van der Waals surface area contributed by atoms with Gasteiger partial charge in [0.05, 0.1) is 6.54 Å². The predicted octanol–water partition coefficient (Wildman–Crippen LogP) is 1.44. The average Bonchev–Trinajstić information content (AvgIpc) is 1.92. The first-order valence-electron chi connectivity index (χ1n) is 4.69. The molecule has 0 heterocycles. The number of amides is 1. The van der Waals surface area contributed by atoms with Crippen LogP contribution in [0.3, 0.4) is 0 Å². The van der Waals surface area contributed by atoms with Crippen LogP contribution >= 0.6 is 0 Å². The van der Waals surface area contributed by atoms with E-state index >= 15 is 0 Å². The molecular formula is C9H17F3N2O. The molecule has 0 aliphatic rings. The van der Waals surface area contributed by atoms with Crippen LogP contribution < -0.4 is 10.6 Å². The molecule has 15 heavy (non-hydrogen) atoms. The summed E-state index contributed by atoms with van der Waals surface area (Å²) in [5.74, 6) is -0.253. The van der Waals surface area contributed by atoms with Gasteiger partial charge in [-0.3, -0.25) is 4.79 Å². The van der Waals surface area contributed by atoms with Crippen LogP contribution in [0.1, 0.15) is 27.2 Å². The standard InChI is InChI=1S/C9H17F3N2O/c1-8(2,3)14-7(15)4-5-13-6-9(10,11)12/h13H,4-6H2,1-3H3,(H,14,15). The minimum Gasteiger partial charge on any atom is -0.351 e. The molecule has 0 radical (unpaired) electrons. The van der Waals surface area contributed by atoms with Crippen molar-refractivity contribution in [2.24, 2.45) is 0 Å². The van der Waals surface area contributed by atoms with Gasteiger partial charge in [0.25, 0.3) is 0 Å². The molecule has 0 saturated carbocycles. The monoisotopic (exact) mass is 226 g/mol. The van der Waals surface area contributed by atoms with E-state index in [0.717, 1.165) is 0 Å². The molecule has 0 aromatic heterocycles. The average molecular weight is 226 g/mol. The zero-order valence-corrected chi connectivity index (χ0v) is 9.16. The quantitative estimate of drug-likeness (QED) is 0.712. The van der Waals surface area contributed by atoms with E-state index in [2.05, 4.69) is 10.6 Å². The van der Waals surface area contributed by atoms with Crippen molar-refractivity contribution in [1.29, 1.82) is 0 Å². The highest BCUT2D eigenvalue weighted by atomic mass is 19.4. The maximum absolute atomic E-state index is 11.7. The van der Waals surface area contributed by atoms with Gasteiger partial charge in [0.2, 0.25) is 5.91 Å². The molecule has 90 valence electrons. The third kappa shape index (κ3) is 11.1. The van der Waals surface area contributed by atoms with Crippen LogP contribution in [0.4, 0.5) is 13.2 Å². The van der Waals surface area contributed by atoms with Gasteiger partial charge in [0.15, 0.2) is 0 Å². The molecule has 0 bridgehead atoms. The summed E-state index contributed by atoms with van der Waals surface area (Å²) < 4.78 is 35.1. The van der Waals surface area contributed by atoms with Gasteiger partial charge in [-0.2, -0.15) is 13.2 Å². The minimum atomic E-state index is -4.22. The summed E-state index contributed by atoms with van der Waals surface area (Å²) >= 11 is 0. The fourth-order valence-corrected chi connectivity index (χ4v) is 0.913. The lowest BCUT2D eigenvalue weighted by Crippen LogP contribution is -2.42. The van der Waals surface area contributed by atoms with Crippen molar-refractivity contribution in [3.63, 3.8) is 0 Å². The van der Waals surface area contributed by atoms with Crippen molar-refractivity contribution in [3.05, 3.63) is 0 Å². The largest absolute Gasteiger partial charge is 0.401 e. The highest BCUT2D eigenvalue weighted by Crippen LogP contribution is 2.11. The zero-order valence-electron chi connectivity index (χ0n) is 9.16. The Labute approximate surface area is 87.4 Å². The Hall–Kier alpha value is -0.780. The molecule has 0 unspecified atom stereocenters. The summed E-state index contributed by atoms with van der Waals surface area (Å²) in [6, 6.07) is 0. The molecule has 0 saturated heterocycles. The summed E-state index contributed by atoms with van der Waals surface area (Å²) in [5, 5.41) is 4.81. The Balaban J connectivity index is 3.57. The summed E-state index contributed by atoms with van der Waals surface area (Å²) in [6.45, 7) is 4.41. The number of hydrogen-bond donors (Lipinski definition) is 2. The first-order valence-corrected chi connectivity index (χ1v) is 4.69. The molecule has 0 aliphatic carbocycles. The lowest BCUT2D eigenvalue weighted by atomic mass is 10.1. The highest BCUT2D eigenvalue weighted by molar-refractivity contribution is 5.76. The molecule has 0 atom stereocenters. The Bertz CT molecular complexity index is 208. The molecule has 0 aromatic rings. The second-order valence-corrected chi connectivity index (χ2v) is 4.34. The van der Waals surface area contributed by atoms with Crippen LogP contribution in [0.2, 0.25) is 0 Å². The topological polar surface area (TPSA) is 41.1 Å². The van der Waals surface area contributed by atoms with E-state index in [4.69, 9.17) is 0 Å². The van der Waals surface area contributed by atoms with Crippen molar-refractivity contribution in [1.82, 2.24) is 10.6 Å². The van der Waals surface area contributed by atoms with E-state index in [1.807, 2.05) is 20.8 Å². The van der Waals surface area contributed by atoms with Gasteiger partial charge in [-0.25, -0.2) is 0 Å². The second-order valence-electron chi connectivity index (χ2n) is 4.34. The second kappa shape index (κ2) is 5.34. The lowest BCUT2D eigenvalue weighted by molar-refractivity contribution is -0.127. The van der Waals surface area contributed by atoms with Gasteiger partial charge in [-0.1, -0.05) is 0 Å². The number of rotatable bonds is 4. The third-order valence-corrected chi connectivity index (χ3v) is 1.37. The number of carbonyl (C=O) groups is 1. The van der Waals surface area contributed by atoms with Gasteiger partial charge >= 0.3 is 6.18 Å². The molecular weight excluding hydrogens is 209 g/mol. The van der Waals surface area contributed by atoms with E-state index in [9.17, 15) is 18.0 Å². The first kappa shape index (κ1) is 14.2. The Morgan fingerprint density at radius 3 is 2.13 bits per heavy atom. The van der Waals surface area contributed by atoms with Gasteiger partial charge in [-0.05, 0) is 20.8 Å². The van der Waals surface area contributed by atoms with Crippen LogP contribution in [0, 0.1) is 0 Å². The molecule has 0 rings (SSSR count). The van der Waals surface area contributed by atoms with E-state index in [0.29, 0.717) is 0 Å². The lowest BCUT2D eigenvalue weighted by Gasteiger charge is -2.20. The van der Waals surface area contributed by atoms with E-state index in [1.165, 1.54) is 0 Å². The predicted molar refractivity (Wildman–Crippen MR) is 51.4 cm³/mol. The number of halogens is 3. The zero-order chi connectivity index (χ0) is 12.1. The SMILES string of the molecule is CC(C)(C)NC(=O)CCNCC(F)(F)F. The van der Waals surface area contributed by atoms with Crippen LogP contribution in [0.5, 0.6) is 0 Å². The first-order chi connectivity index (χ1) is 6.60. The molecule has 3 nitrogen and oxygen atoms in total. The number of nitrogens with one attached hydrogen (secondary N) is 2. The fourth-order valence-electron chi connectivity index (χ4n) is 0.913. The maximum atomic E-state index is 11.7. The van der Waals surface area contributed by atoms with Crippen molar-refractivity contribution >= 4 is 5.91 Å². The van der Waals surface area contributed by atoms with E-state index in [1.54, 1.807) is 0 Å². The molecule has 0 spiro atoms. The molecule has 2 N–H and O–H groups in total. The normalized spacial score (nSPS) is 12.7. The summed E-state index contributed by atoms with van der Waals surface area (Å²) in [6.07, 6.45) is -4.17. The van der Waals surface area contributed by atoms with Crippen molar-refractivity contribution in [2.75, 3.05) is 13.1 Å². The number of alkyl halides is 3. The smallest absolute Gasteiger partial charge is 0.351 e. The van der Waals surface area contributed by atoms with Crippen LogP contribution in [-0.2, 0) is 4.79 Å². The Morgan fingerprint density at radius 1 is 1.20 bits per heavy atom. The number of carbonyl (C=O) groups excluding carboxylic acids is 1. The van der Waals surface area contributed by atoms with Gasteiger partial charge in [-0.15, -0.1) is 0 Å². The fraction of sp³-hybridized carbons (Fsp3) is 0.889. The van der Waals surface area contributed by atoms with Crippen LogP contribution in [0.25, 0.3) is 0 Å². The number of hydrogen-bond acceptors (Lipinski definition) is 2. The third-order valence-electron chi connectivity index (χ3n) is 1.37. The minimum absolute atomic E-state index is 0.0292. The summed E-state index contributed by atoms with van der Waals surface area (Å²) in [5.41, 5.74) is -0.346. The Morgan fingerprint density at radius 2 is 1.73 bits per heavy atom. The van der Waals surface area contributed by atoms with Gasteiger partial charge in [0, 0.05) is 18.5 Å². The van der Waals surface area contributed by atoms with Gasteiger partial charge < -0.3 is 10.6 Å². The molecule has 0 aromatic carbocycles. The molecule has 1 amide bonds. The van der Waals surface area contributed by atoms with Crippen molar-refractivity contribution in [3.8, 4) is 0 Å². The van der Waals surface area contributed by atoms with Crippen molar-refractivity contribution in [2.45, 2.75) is 38.9 Å². The molecule has 6 heteroatoms. The summed E-state index contributed by atoms with van der Waals surface area (Å²) in [4.78, 5) is 11.2. The van der Waals surface area contributed by atoms with E-state index in [-0.39, 0.29) is 24.4 Å². The highest BCUT2D eigenvalue weighted by Gasteiger charge is 2.26. The summed E-state index contributed by atoms with van der Waals surface area (Å²) in [7, 11) is 0. The molecule has 0 fully saturated rings. The van der Waals surface area contributed by atoms with Gasteiger partial charge in [0.1, 0.15) is 0 Å². The van der Waals surface area contributed by atoms with E-state index < -0.39 is 12.7 Å². The maximum Gasteiger partial charge on any atom is 0.401 e. The Kier molecular flexibility index (Phi) is 5.07. The van der Waals surface area contributed by atoms with Crippen LogP contribution in [-0.4, -0.2) is 30.7 Å². The van der Waals surface area contributed by atoms with Crippen LogP contribution in [0.15, 0.2) is 0 Å². The van der Waals surface area contributed by atoms with Crippen molar-refractivity contribution < 1.29 is 18.0 Å².